The molecule has 1 N–H and O–H groups in total. The summed E-state index contributed by atoms with van der Waals surface area (Å²) in [6, 6.07) is 13.6. The zero-order valence-electron chi connectivity index (χ0n) is 10.4. The molecule has 0 saturated carbocycles. The molecule has 4 nitrogen and oxygen atoms in total. The molecule has 1 aromatic carbocycles. The molecular weight excluding hydrogens is 272 g/mol. The van der Waals surface area contributed by atoms with E-state index < -0.39 is 0 Å². The SMILES string of the molecule is O=C1NC(=O)/C(=C/c2ccc(-c3ccccc3)nc2)S1. The second-order valence-corrected chi connectivity index (χ2v) is 5.21. The molecule has 98 valence electrons. The second-order valence-electron chi connectivity index (χ2n) is 4.20. The highest BCUT2D eigenvalue weighted by atomic mass is 32.2. The highest BCUT2D eigenvalue weighted by molar-refractivity contribution is 8.18. The van der Waals surface area contributed by atoms with Crippen molar-refractivity contribution in [1.29, 1.82) is 0 Å². The summed E-state index contributed by atoms with van der Waals surface area (Å²) in [5, 5.41) is 1.88. The van der Waals surface area contributed by atoms with Gasteiger partial charge < -0.3 is 0 Å². The van der Waals surface area contributed by atoms with Crippen LogP contribution in [0.4, 0.5) is 4.79 Å². The van der Waals surface area contributed by atoms with E-state index in [2.05, 4.69) is 10.3 Å². The Morgan fingerprint density at radius 2 is 1.85 bits per heavy atom. The molecule has 0 unspecified atom stereocenters. The number of hydrogen-bond donors (Lipinski definition) is 1. The fraction of sp³-hybridized carbons (Fsp3) is 0. The number of carbonyl (C=O) groups is 2. The van der Waals surface area contributed by atoms with Crippen molar-refractivity contribution in [3.8, 4) is 11.3 Å². The molecule has 2 amide bonds. The highest BCUT2D eigenvalue weighted by Crippen LogP contribution is 2.25. The summed E-state index contributed by atoms with van der Waals surface area (Å²) in [5.41, 5.74) is 2.69. The number of carbonyl (C=O) groups excluding carboxylic acids is 2. The second kappa shape index (κ2) is 5.30. The van der Waals surface area contributed by atoms with E-state index in [0.29, 0.717) is 4.91 Å². The Bertz CT molecular complexity index is 694. The maximum atomic E-state index is 11.4. The average Bonchev–Trinajstić information content (AvgIpc) is 2.79. The quantitative estimate of drug-likeness (QED) is 0.860. The molecule has 1 fully saturated rings. The van der Waals surface area contributed by atoms with Gasteiger partial charge in [-0.15, -0.1) is 0 Å². The summed E-state index contributed by atoms with van der Waals surface area (Å²) in [7, 11) is 0. The molecule has 0 atom stereocenters. The first-order chi connectivity index (χ1) is 9.72. The molecule has 3 rings (SSSR count). The van der Waals surface area contributed by atoms with Gasteiger partial charge in [-0.05, 0) is 29.5 Å². The number of aromatic nitrogens is 1. The summed E-state index contributed by atoms with van der Waals surface area (Å²) in [6.07, 6.45) is 3.35. The summed E-state index contributed by atoms with van der Waals surface area (Å²) in [5.74, 6) is -0.355. The molecule has 1 saturated heterocycles. The lowest BCUT2D eigenvalue weighted by atomic mass is 10.1. The molecule has 0 spiro atoms. The van der Waals surface area contributed by atoms with Gasteiger partial charge in [0.1, 0.15) is 0 Å². The number of benzene rings is 1. The normalized spacial score (nSPS) is 16.5. The standard InChI is InChI=1S/C15H10N2O2S/c18-14-13(20-15(19)17-14)8-10-6-7-12(16-9-10)11-4-2-1-3-5-11/h1-9H,(H,17,18,19)/b13-8-. The van der Waals surface area contributed by atoms with Crippen LogP contribution in [0, 0.1) is 0 Å². The number of nitrogens with zero attached hydrogens (tertiary/aromatic N) is 1. The Hall–Kier alpha value is -2.40. The van der Waals surface area contributed by atoms with Crippen LogP contribution in [0.2, 0.25) is 0 Å². The fourth-order valence-corrected chi connectivity index (χ4v) is 2.52. The summed E-state index contributed by atoms with van der Waals surface area (Å²) >= 11 is 0.903. The zero-order valence-corrected chi connectivity index (χ0v) is 11.2. The van der Waals surface area contributed by atoms with Crippen LogP contribution in [0.1, 0.15) is 5.56 Å². The van der Waals surface area contributed by atoms with Gasteiger partial charge in [-0.1, -0.05) is 36.4 Å². The molecule has 2 aromatic rings. The Morgan fingerprint density at radius 3 is 2.45 bits per heavy atom. The molecule has 0 aliphatic carbocycles. The largest absolute Gasteiger partial charge is 0.290 e. The van der Waals surface area contributed by atoms with E-state index in [4.69, 9.17) is 0 Å². The van der Waals surface area contributed by atoms with Gasteiger partial charge in [0, 0.05) is 11.8 Å². The number of amides is 2. The van der Waals surface area contributed by atoms with Crippen LogP contribution in [0.3, 0.4) is 0 Å². The predicted octanol–water partition coefficient (Wildman–Crippen LogP) is 3.07. The van der Waals surface area contributed by atoms with Gasteiger partial charge in [-0.2, -0.15) is 0 Å². The third-order valence-corrected chi connectivity index (χ3v) is 3.61. The van der Waals surface area contributed by atoms with Crippen LogP contribution >= 0.6 is 11.8 Å². The van der Waals surface area contributed by atoms with Crippen molar-refractivity contribution in [2.45, 2.75) is 0 Å². The van der Waals surface area contributed by atoms with Crippen molar-refractivity contribution in [3.05, 3.63) is 59.1 Å². The van der Waals surface area contributed by atoms with Crippen molar-refractivity contribution < 1.29 is 9.59 Å². The van der Waals surface area contributed by atoms with Crippen LogP contribution in [0.25, 0.3) is 17.3 Å². The van der Waals surface area contributed by atoms with E-state index in [-0.39, 0.29) is 11.1 Å². The fourth-order valence-electron chi connectivity index (χ4n) is 1.84. The molecule has 5 heteroatoms. The lowest BCUT2D eigenvalue weighted by Gasteiger charge is -2.01. The third kappa shape index (κ3) is 2.62. The first-order valence-corrected chi connectivity index (χ1v) is 6.80. The van der Waals surface area contributed by atoms with Crippen molar-refractivity contribution in [2.24, 2.45) is 0 Å². The summed E-state index contributed by atoms with van der Waals surface area (Å²) in [4.78, 5) is 27.3. The third-order valence-electron chi connectivity index (χ3n) is 2.80. The molecule has 1 aliphatic rings. The van der Waals surface area contributed by atoms with E-state index in [1.54, 1.807) is 12.3 Å². The number of thioether (sulfide) groups is 1. The lowest BCUT2D eigenvalue weighted by Crippen LogP contribution is -2.17. The van der Waals surface area contributed by atoms with Gasteiger partial charge in [0.25, 0.3) is 11.1 Å². The minimum absolute atomic E-state index is 0.338. The Morgan fingerprint density at radius 1 is 1.05 bits per heavy atom. The first kappa shape index (κ1) is 12.6. The minimum Gasteiger partial charge on any atom is -0.282 e. The smallest absolute Gasteiger partial charge is 0.282 e. The molecule has 0 radical (unpaired) electrons. The van der Waals surface area contributed by atoms with Crippen molar-refractivity contribution in [3.63, 3.8) is 0 Å². The average molecular weight is 282 g/mol. The van der Waals surface area contributed by atoms with E-state index in [1.165, 1.54) is 0 Å². The van der Waals surface area contributed by atoms with E-state index >= 15 is 0 Å². The number of pyridine rings is 1. The van der Waals surface area contributed by atoms with Crippen molar-refractivity contribution >= 4 is 29.0 Å². The number of imide groups is 1. The number of rotatable bonds is 2. The van der Waals surface area contributed by atoms with Crippen molar-refractivity contribution in [2.75, 3.05) is 0 Å². The van der Waals surface area contributed by atoms with Crippen LogP contribution in [0.5, 0.6) is 0 Å². The highest BCUT2D eigenvalue weighted by Gasteiger charge is 2.24. The van der Waals surface area contributed by atoms with Crippen LogP contribution in [-0.2, 0) is 4.79 Å². The molecule has 20 heavy (non-hydrogen) atoms. The molecule has 2 heterocycles. The zero-order chi connectivity index (χ0) is 13.9. The first-order valence-electron chi connectivity index (χ1n) is 5.99. The van der Waals surface area contributed by atoms with Crippen LogP contribution in [0.15, 0.2) is 53.6 Å². The maximum absolute atomic E-state index is 11.4. The van der Waals surface area contributed by atoms with Gasteiger partial charge in [0.2, 0.25) is 0 Å². The van der Waals surface area contributed by atoms with Crippen LogP contribution in [-0.4, -0.2) is 16.1 Å². The lowest BCUT2D eigenvalue weighted by molar-refractivity contribution is -0.115. The van der Waals surface area contributed by atoms with Gasteiger partial charge in [-0.25, -0.2) is 0 Å². The molecule has 1 aliphatic heterocycles. The van der Waals surface area contributed by atoms with E-state index in [1.807, 2.05) is 42.5 Å². The molecule has 0 bridgehead atoms. The van der Waals surface area contributed by atoms with E-state index in [0.717, 1.165) is 28.6 Å². The van der Waals surface area contributed by atoms with Gasteiger partial charge >= 0.3 is 0 Å². The Kier molecular flexibility index (Phi) is 3.35. The van der Waals surface area contributed by atoms with Crippen LogP contribution < -0.4 is 5.32 Å². The van der Waals surface area contributed by atoms with Gasteiger partial charge in [-0.3, -0.25) is 19.9 Å². The van der Waals surface area contributed by atoms with Gasteiger partial charge in [0.15, 0.2) is 0 Å². The Balaban J connectivity index is 1.86. The maximum Gasteiger partial charge on any atom is 0.290 e. The number of hydrogen-bond acceptors (Lipinski definition) is 4. The monoisotopic (exact) mass is 282 g/mol. The topological polar surface area (TPSA) is 59.1 Å². The minimum atomic E-state index is -0.355. The summed E-state index contributed by atoms with van der Waals surface area (Å²) < 4.78 is 0. The van der Waals surface area contributed by atoms with Gasteiger partial charge in [0.05, 0.1) is 10.6 Å². The number of nitrogens with one attached hydrogen (secondary N) is 1. The molecular formula is C15H10N2O2S. The van der Waals surface area contributed by atoms with E-state index in [9.17, 15) is 9.59 Å². The Labute approximate surface area is 119 Å². The predicted molar refractivity (Wildman–Crippen MR) is 78.8 cm³/mol. The molecule has 1 aromatic heterocycles. The van der Waals surface area contributed by atoms with Crippen molar-refractivity contribution in [1.82, 2.24) is 10.3 Å². The summed E-state index contributed by atoms with van der Waals surface area (Å²) in [6.45, 7) is 0.